The third-order valence-electron chi connectivity index (χ3n) is 4.27. The molecule has 0 aromatic carbocycles. The number of hydrogen-bond donors (Lipinski definition) is 2. The molecular formula is C14H27N3O. The lowest BCUT2D eigenvalue weighted by atomic mass is 9.98. The number of nitrogens with zero attached hydrogens (tertiary/aromatic N) is 1. The Kier molecular flexibility index (Phi) is 5.45. The number of rotatable bonds is 4. The zero-order chi connectivity index (χ0) is 12.8. The van der Waals surface area contributed by atoms with Crippen molar-refractivity contribution >= 4 is 5.91 Å². The third kappa shape index (κ3) is 4.25. The zero-order valence-electron chi connectivity index (χ0n) is 11.6. The molecule has 0 aliphatic carbocycles. The van der Waals surface area contributed by atoms with Crippen LogP contribution in [0.1, 0.15) is 32.6 Å². The molecule has 104 valence electrons. The maximum absolute atomic E-state index is 11.9. The fourth-order valence-electron chi connectivity index (χ4n) is 2.84. The van der Waals surface area contributed by atoms with Gasteiger partial charge >= 0.3 is 0 Å². The van der Waals surface area contributed by atoms with E-state index in [0.29, 0.717) is 0 Å². The van der Waals surface area contributed by atoms with E-state index in [4.69, 9.17) is 0 Å². The van der Waals surface area contributed by atoms with E-state index < -0.39 is 0 Å². The van der Waals surface area contributed by atoms with Gasteiger partial charge in [-0.25, -0.2) is 0 Å². The first kappa shape index (κ1) is 13.8. The summed E-state index contributed by atoms with van der Waals surface area (Å²) in [5, 5.41) is 6.38. The van der Waals surface area contributed by atoms with Gasteiger partial charge in [0, 0.05) is 19.6 Å². The van der Waals surface area contributed by atoms with Crippen LogP contribution in [-0.4, -0.2) is 50.1 Å². The van der Waals surface area contributed by atoms with Crippen LogP contribution in [0.2, 0.25) is 0 Å². The Balaban J connectivity index is 1.58. The summed E-state index contributed by atoms with van der Waals surface area (Å²) >= 11 is 0. The SMILES string of the molecule is CC1CCN(CCNC(=O)[C@H]2CCCNC2)CC1. The number of carbonyl (C=O) groups is 1. The summed E-state index contributed by atoms with van der Waals surface area (Å²) in [5.41, 5.74) is 0. The molecule has 0 unspecified atom stereocenters. The number of carbonyl (C=O) groups excluding carboxylic acids is 1. The first-order chi connectivity index (χ1) is 8.75. The van der Waals surface area contributed by atoms with Crippen LogP contribution in [0.15, 0.2) is 0 Å². The molecule has 2 aliphatic rings. The Labute approximate surface area is 110 Å². The average Bonchev–Trinajstić information content (AvgIpc) is 2.42. The molecule has 0 radical (unpaired) electrons. The molecule has 1 amide bonds. The van der Waals surface area contributed by atoms with Gasteiger partial charge in [0.25, 0.3) is 0 Å². The van der Waals surface area contributed by atoms with E-state index in [9.17, 15) is 4.79 Å². The molecule has 2 fully saturated rings. The fraction of sp³-hybridized carbons (Fsp3) is 0.929. The minimum atomic E-state index is 0.195. The van der Waals surface area contributed by atoms with Crippen LogP contribution >= 0.6 is 0 Å². The normalized spacial score (nSPS) is 27.1. The highest BCUT2D eigenvalue weighted by Crippen LogP contribution is 2.15. The standard InChI is InChI=1S/C14H27N3O/c1-12-4-8-17(9-5-12)10-7-16-14(18)13-3-2-6-15-11-13/h12-13,15H,2-11H2,1H3,(H,16,18)/t13-/m0/s1. The van der Waals surface area contributed by atoms with Gasteiger partial charge in [-0.3, -0.25) is 4.79 Å². The van der Waals surface area contributed by atoms with Crippen LogP contribution in [0, 0.1) is 11.8 Å². The maximum atomic E-state index is 11.9. The lowest BCUT2D eigenvalue weighted by molar-refractivity contribution is -0.125. The molecule has 0 aromatic heterocycles. The van der Waals surface area contributed by atoms with Gasteiger partial charge in [-0.15, -0.1) is 0 Å². The first-order valence-electron chi connectivity index (χ1n) is 7.46. The van der Waals surface area contributed by atoms with Crippen molar-refractivity contribution in [3.05, 3.63) is 0 Å². The second kappa shape index (κ2) is 7.10. The van der Waals surface area contributed by atoms with E-state index in [0.717, 1.165) is 44.9 Å². The van der Waals surface area contributed by atoms with Crippen molar-refractivity contribution in [3.63, 3.8) is 0 Å². The van der Waals surface area contributed by atoms with E-state index in [1.807, 2.05) is 0 Å². The molecule has 0 spiro atoms. The second-order valence-corrected chi connectivity index (χ2v) is 5.86. The molecule has 4 heteroatoms. The van der Waals surface area contributed by atoms with Crippen molar-refractivity contribution in [2.45, 2.75) is 32.6 Å². The number of nitrogens with one attached hydrogen (secondary N) is 2. The van der Waals surface area contributed by atoms with Gasteiger partial charge in [0.15, 0.2) is 0 Å². The van der Waals surface area contributed by atoms with E-state index in [1.54, 1.807) is 0 Å². The van der Waals surface area contributed by atoms with Crippen LogP contribution in [-0.2, 0) is 4.79 Å². The summed E-state index contributed by atoms with van der Waals surface area (Å²) in [6.45, 7) is 8.46. The molecule has 0 aromatic rings. The van der Waals surface area contributed by atoms with Crippen LogP contribution in [0.25, 0.3) is 0 Å². The molecule has 0 bridgehead atoms. The Hall–Kier alpha value is -0.610. The van der Waals surface area contributed by atoms with Crippen LogP contribution < -0.4 is 10.6 Å². The van der Waals surface area contributed by atoms with Crippen molar-refractivity contribution in [2.24, 2.45) is 11.8 Å². The van der Waals surface area contributed by atoms with Crippen LogP contribution in [0.3, 0.4) is 0 Å². The fourth-order valence-corrected chi connectivity index (χ4v) is 2.84. The number of piperidine rings is 2. The van der Waals surface area contributed by atoms with Crippen molar-refractivity contribution < 1.29 is 4.79 Å². The van der Waals surface area contributed by atoms with E-state index >= 15 is 0 Å². The molecule has 1 atom stereocenters. The minimum Gasteiger partial charge on any atom is -0.355 e. The third-order valence-corrected chi connectivity index (χ3v) is 4.27. The van der Waals surface area contributed by atoms with Crippen molar-refractivity contribution in [1.29, 1.82) is 0 Å². The lowest BCUT2D eigenvalue weighted by Crippen LogP contribution is -2.44. The van der Waals surface area contributed by atoms with Crippen molar-refractivity contribution in [1.82, 2.24) is 15.5 Å². The van der Waals surface area contributed by atoms with Gasteiger partial charge in [0.1, 0.15) is 0 Å². The zero-order valence-corrected chi connectivity index (χ0v) is 11.6. The molecular weight excluding hydrogens is 226 g/mol. The van der Waals surface area contributed by atoms with Gasteiger partial charge in [-0.2, -0.15) is 0 Å². The molecule has 2 rings (SSSR count). The van der Waals surface area contributed by atoms with Crippen LogP contribution in [0.4, 0.5) is 0 Å². The largest absolute Gasteiger partial charge is 0.355 e. The number of hydrogen-bond acceptors (Lipinski definition) is 3. The summed E-state index contributed by atoms with van der Waals surface area (Å²) in [6, 6.07) is 0. The predicted octanol–water partition coefficient (Wildman–Crippen LogP) is 0.834. The topological polar surface area (TPSA) is 44.4 Å². The summed E-state index contributed by atoms with van der Waals surface area (Å²) < 4.78 is 0. The quantitative estimate of drug-likeness (QED) is 0.780. The monoisotopic (exact) mass is 253 g/mol. The van der Waals surface area contributed by atoms with Gasteiger partial charge in [0.05, 0.1) is 5.92 Å². The summed E-state index contributed by atoms with van der Waals surface area (Å²) in [4.78, 5) is 14.4. The maximum Gasteiger partial charge on any atom is 0.224 e. The minimum absolute atomic E-state index is 0.195. The second-order valence-electron chi connectivity index (χ2n) is 5.86. The highest BCUT2D eigenvalue weighted by molar-refractivity contribution is 5.78. The average molecular weight is 253 g/mol. The molecule has 0 saturated carbocycles. The van der Waals surface area contributed by atoms with E-state index in [-0.39, 0.29) is 11.8 Å². The van der Waals surface area contributed by atoms with Crippen LogP contribution in [0.5, 0.6) is 0 Å². The first-order valence-corrected chi connectivity index (χ1v) is 7.46. The van der Waals surface area contributed by atoms with Gasteiger partial charge in [-0.05, 0) is 51.2 Å². The number of likely N-dealkylation sites (tertiary alicyclic amines) is 1. The Morgan fingerprint density at radius 1 is 1.33 bits per heavy atom. The molecule has 2 saturated heterocycles. The number of amides is 1. The summed E-state index contributed by atoms with van der Waals surface area (Å²) in [5.74, 6) is 1.32. The Morgan fingerprint density at radius 2 is 2.11 bits per heavy atom. The van der Waals surface area contributed by atoms with Gasteiger partial charge < -0.3 is 15.5 Å². The molecule has 2 heterocycles. The van der Waals surface area contributed by atoms with Gasteiger partial charge in [0.2, 0.25) is 5.91 Å². The molecule has 4 nitrogen and oxygen atoms in total. The molecule has 18 heavy (non-hydrogen) atoms. The molecule has 2 N–H and O–H groups in total. The Morgan fingerprint density at radius 3 is 2.78 bits per heavy atom. The Bertz CT molecular complexity index is 256. The smallest absolute Gasteiger partial charge is 0.224 e. The highest BCUT2D eigenvalue weighted by Gasteiger charge is 2.21. The van der Waals surface area contributed by atoms with Crippen molar-refractivity contribution in [3.8, 4) is 0 Å². The van der Waals surface area contributed by atoms with Crippen molar-refractivity contribution in [2.75, 3.05) is 39.3 Å². The predicted molar refractivity (Wildman–Crippen MR) is 73.4 cm³/mol. The lowest BCUT2D eigenvalue weighted by Gasteiger charge is -2.30. The van der Waals surface area contributed by atoms with E-state index in [1.165, 1.54) is 25.9 Å². The van der Waals surface area contributed by atoms with Gasteiger partial charge in [-0.1, -0.05) is 6.92 Å². The highest BCUT2D eigenvalue weighted by atomic mass is 16.1. The summed E-state index contributed by atoms with van der Waals surface area (Å²) in [7, 11) is 0. The molecule has 2 aliphatic heterocycles. The van der Waals surface area contributed by atoms with E-state index in [2.05, 4.69) is 22.5 Å². The summed E-state index contributed by atoms with van der Waals surface area (Å²) in [6.07, 6.45) is 4.78.